The number of esters is 1. The fourth-order valence-corrected chi connectivity index (χ4v) is 6.65. The highest BCUT2D eigenvalue weighted by atomic mass is 16.5. The van der Waals surface area contributed by atoms with Crippen LogP contribution in [0.4, 0.5) is 11.4 Å². The van der Waals surface area contributed by atoms with E-state index in [1.165, 1.54) is 6.92 Å². The summed E-state index contributed by atoms with van der Waals surface area (Å²) in [5.41, 5.74) is 4.13. The molecular weight excluding hydrogens is 540 g/mol. The molecule has 4 atom stereocenters. The maximum Gasteiger partial charge on any atom is 0.330 e. The van der Waals surface area contributed by atoms with Gasteiger partial charge in [0.2, 0.25) is 11.8 Å². The molecule has 0 aliphatic carbocycles. The largest absolute Gasteiger partial charge is 0.451 e. The summed E-state index contributed by atoms with van der Waals surface area (Å²) in [5, 5.41) is 0. The van der Waals surface area contributed by atoms with Crippen molar-refractivity contribution in [1.29, 1.82) is 0 Å². The number of para-hydroxylation sites is 1. The van der Waals surface area contributed by atoms with Gasteiger partial charge in [-0.25, -0.2) is 9.69 Å². The highest BCUT2D eigenvalue weighted by Gasteiger charge is 2.65. The lowest BCUT2D eigenvalue weighted by Crippen LogP contribution is -2.49. The fraction of sp³-hybridized carbons (Fsp3) is 0.167. The monoisotopic (exact) mass is 568 g/mol. The molecule has 7 nitrogen and oxygen atoms in total. The number of rotatable bonds is 6. The molecule has 3 aliphatic heterocycles. The van der Waals surface area contributed by atoms with Gasteiger partial charge in [-0.1, -0.05) is 91.0 Å². The first-order valence-electron chi connectivity index (χ1n) is 14.3. The second kappa shape index (κ2) is 10.5. The zero-order valence-corrected chi connectivity index (χ0v) is 23.4. The van der Waals surface area contributed by atoms with Crippen molar-refractivity contribution in [2.24, 2.45) is 11.8 Å². The smallest absolute Gasteiger partial charge is 0.330 e. The molecule has 0 bridgehead atoms. The van der Waals surface area contributed by atoms with Crippen molar-refractivity contribution in [3.63, 3.8) is 0 Å². The second-order valence-corrected chi connectivity index (χ2v) is 11.1. The summed E-state index contributed by atoms with van der Waals surface area (Å²) in [6.45, 7) is 1.46. The highest BCUT2D eigenvalue weighted by molar-refractivity contribution is 6.24. The Kier molecular flexibility index (Phi) is 6.50. The van der Waals surface area contributed by atoms with Gasteiger partial charge in [0.25, 0.3) is 0 Å². The molecule has 4 aromatic rings. The summed E-state index contributed by atoms with van der Waals surface area (Å²) < 4.78 is 6.32. The quantitative estimate of drug-likeness (QED) is 0.171. The Balaban J connectivity index is 1.30. The zero-order chi connectivity index (χ0) is 29.7. The molecule has 43 heavy (non-hydrogen) atoms. The molecule has 7 heteroatoms. The van der Waals surface area contributed by atoms with Crippen LogP contribution in [0.3, 0.4) is 0 Å². The molecule has 0 spiro atoms. The molecule has 0 unspecified atom stereocenters. The van der Waals surface area contributed by atoms with Crippen molar-refractivity contribution in [2.75, 3.05) is 9.80 Å². The zero-order valence-electron chi connectivity index (χ0n) is 23.4. The molecule has 0 aromatic heterocycles. The van der Waals surface area contributed by atoms with Gasteiger partial charge in [-0.05, 0) is 53.9 Å². The van der Waals surface area contributed by atoms with E-state index in [4.69, 9.17) is 4.74 Å². The number of fused-ring (bicyclic) bond motifs is 5. The van der Waals surface area contributed by atoms with Crippen LogP contribution >= 0.6 is 0 Å². The van der Waals surface area contributed by atoms with E-state index in [2.05, 4.69) is 0 Å². The van der Waals surface area contributed by atoms with Gasteiger partial charge in [0.15, 0.2) is 11.9 Å². The van der Waals surface area contributed by atoms with Crippen LogP contribution in [0, 0.1) is 11.8 Å². The van der Waals surface area contributed by atoms with Crippen LogP contribution in [0.2, 0.25) is 0 Å². The number of Topliss-reactive ketones (excluding diaryl/α,β-unsaturated/α-hetero) is 1. The van der Waals surface area contributed by atoms with Crippen molar-refractivity contribution in [2.45, 2.75) is 25.1 Å². The number of benzene rings is 4. The maximum absolute atomic E-state index is 14.4. The van der Waals surface area contributed by atoms with E-state index in [0.717, 1.165) is 27.3 Å². The Labute approximate surface area is 249 Å². The van der Waals surface area contributed by atoms with E-state index in [-0.39, 0.29) is 11.7 Å². The van der Waals surface area contributed by atoms with Gasteiger partial charge in [0.1, 0.15) is 6.04 Å². The number of hydrogen-bond acceptors (Lipinski definition) is 6. The van der Waals surface area contributed by atoms with Gasteiger partial charge in [-0.3, -0.25) is 14.4 Å². The minimum Gasteiger partial charge on any atom is -0.451 e. The van der Waals surface area contributed by atoms with Crippen LogP contribution < -0.4 is 9.80 Å². The molecule has 2 fully saturated rings. The van der Waals surface area contributed by atoms with E-state index < -0.39 is 41.9 Å². The number of carbonyl (C=O) groups excluding carboxylic acids is 4. The lowest BCUT2D eigenvalue weighted by Gasteiger charge is -2.36. The third-order valence-electron chi connectivity index (χ3n) is 8.63. The third-order valence-corrected chi connectivity index (χ3v) is 8.63. The summed E-state index contributed by atoms with van der Waals surface area (Å²) in [4.78, 5) is 57.5. The van der Waals surface area contributed by atoms with Gasteiger partial charge in [-0.2, -0.15) is 0 Å². The average molecular weight is 569 g/mol. The van der Waals surface area contributed by atoms with E-state index in [1.54, 1.807) is 24.3 Å². The van der Waals surface area contributed by atoms with Gasteiger partial charge in [-0.15, -0.1) is 0 Å². The van der Waals surface area contributed by atoms with E-state index >= 15 is 0 Å². The Hall–Kier alpha value is -5.30. The number of hydrogen-bond donors (Lipinski definition) is 0. The first-order valence-corrected chi connectivity index (χ1v) is 14.3. The van der Waals surface area contributed by atoms with Crippen molar-refractivity contribution in [3.8, 4) is 0 Å². The Morgan fingerprint density at radius 2 is 1.30 bits per heavy atom. The number of nitrogens with zero attached hydrogens (tertiary/aromatic N) is 2. The summed E-state index contributed by atoms with van der Waals surface area (Å²) >= 11 is 0. The first kappa shape index (κ1) is 26.6. The highest BCUT2D eigenvalue weighted by Crippen LogP contribution is 2.49. The molecular formula is C36H28N2O5. The summed E-state index contributed by atoms with van der Waals surface area (Å²) in [5.74, 6) is -3.26. The number of ether oxygens (including phenoxy) is 1. The Morgan fingerprint density at radius 3 is 1.93 bits per heavy atom. The number of amides is 2. The van der Waals surface area contributed by atoms with Crippen LogP contribution in [0.5, 0.6) is 0 Å². The molecule has 2 saturated heterocycles. The molecule has 212 valence electrons. The molecule has 4 aromatic carbocycles. The average Bonchev–Trinajstić information content (AvgIpc) is 3.53. The molecule has 3 heterocycles. The van der Waals surface area contributed by atoms with Crippen LogP contribution in [0.25, 0.3) is 6.08 Å². The van der Waals surface area contributed by atoms with Crippen molar-refractivity contribution < 1.29 is 23.9 Å². The molecule has 2 amide bonds. The van der Waals surface area contributed by atoms with Crippen LogP contribution in [-0.4, -0.2) is 35.7 Å². The van der Waals surface area contributed by atoms with Gasteiger partial charge < -0.3 is 9.64 Å². The van der Waals surface area contributed by atoms with E-state index in [9.17, 15) is 19.2 Å². The number of ketones is 1. The SMILES string of the molecule is CC(=O)c1ccc(N2C(=O)[C@@H]3[C@H](C2=O)[C@H](C(=O)OC(c2ccccc2)c2ccccc2)N2c4ccccc4C=C[C@H]32)cc1. The number of anilines is 2. The van der Waals surface area contributed by atoms with Gasteiger partial charge in [0.05, 0.1) is 23.6 Å². The molecule has 0 N–H and O–H groups in total. The summed E-state index contributed by atoms with van der Waals surface area (Å²) in [7, 11) is 0. The van der Waals surface area contributed by atoms with E-state index in [0.29, 0.717) is 11.3 Å². The van der Waals surface area contributed by atoms with Crippen molar-refractivity contribution in [1.82, 2.24) is 0 Å². The van der Waals surface area contributed by atoms with Crippen LogP contribution in [-0.2, 0) is 19.1 Å². The lowest BCUT2D eigenvalue weighted by atomic mass is 9.88. The van der Waals surface area contributed by atoms with Crippen LogP contribution in [0.1, 0.15) is 40.1 Å². The predicted octanol–water partition coefficient (Wildman–Crippen LogP) is 5.61. The van der Waals surface area contributed by atoms with Gasteiger partial charge >= 0.3 is 5.97 Å². The topological polar surface area (TPSA) is 84.0 Å². The fourth-order valence-electron chi connectivity index (χ4n) is 6.65. The standard InChI is InChI=1S/C36H28N2O5/c1-22(39)23-16-19-27(20-17-23)37-34(40)30-29-21-18-24-10-8-9-15-28(24)38(29)32(31(30)35(37)41)36(42)43-33(25-11-4-2-5-12-25)26-13-6-3-7-14-26/h2-21,29-33H,1H3/t29-,30+,31+,32-/m1/s1. The molecule has 0 radical (unpaired) electrons. The molecule has 0 saturated carbocycles. The number of carbonyl (C=O) groups is 4. The van der Waals surface area contributed by atoms with Crippen molar-refractivity contribution >= 4 is 41.0 Å². The second-order valence-electron chi connectivity index (χ2n) is 11.1. The van der Waals surface area contributed by atoms with Crippen LogP contribution in [0.15, 0.2) is 115 Å². The van der Waals surface area contributed by atoms with Crippen molar-refractivity contribution in [3.05, 3.63) is 138 Å². The van der Waals surface area contributed by atoms with E-state index in [1.807, 2.05) is 102 Å². The summed E-state index contributed by atoms with van der Waals surface area (Å²) in [6, 6.07) is 31.5. The number of imide groups is 1. The Bertz CT molecular complexity index is 1730. The molecule has 3 aliphatic rings. The predicted molar refractivity (Wildman–Crippen MR) is 162 cm³/mol. The lowest BCUT2D eigenvalue weighted by molar-refractivity contribution is -0.151. The van der Waals surface area contributed by atoms with Gasteiger partial charge in [0, 0.05) is 11.3 Å². The minimum absolute atomic E-state index is 0.113. The first-order chi connectivity index (χ1) is 20.9. The normalized spacial score (nSPS) is 21.9. The maximum atomic E-state index is 14.4. The minimum atomic E-state index is -1.03. The summed E-state index contributed by atoms with van der Waals surface area (Å²) in [6.07, 6.45) is 3.15. The third kappa shape index (κ3) is 4.36. The Morgan fingerprint density at radius 1 is 0.721 bits per heavy atom. The molecule has 7 rings (SSSR count).